The van der Waals surface area contributed by atoms with Crippen LogP contribution in [0.1, 0.15) is 18.3 Å². The van der Waals surface area contributed by atoms with Gasteiger partial charge in [0.05, 0.1) is 11.6 Å². The molecule has 0 saturated carbocycles. The van der Waals surface area contributed by atoms with E-state index in [-0.39, 0.29) is 5.88 Å². The maximum absolute atomic E-state index is 5.73. The first-order chi connectivity index (χ1) is 10.6. The number of hydrogen-bond donors (Lipinski definition) is 1. The van der Waals surface area contributed by atoms with Gasteiger partial charge in [0.25, 0.3) is 0 Å². The molecule has 3 rings (SSSR count). The zero-order valence-electron chi connectivity index (χ0n) is 12.2. The van der Waals surface area contributed by atoms with Gasteiger partial charge in [-0.15, -0.1) is 21.8 Å². The Balaban J connectivity index is 2.10. The quantitative estimate of drug-likeness (QED) is 0.452. The molecule has 3 aromatic rings. The Morgan fingerprint density at radius 2 is 2.23 bits per heavy atom. The summed E-state index contributed by atoms with van der Waals surface area (Å²) in [7, 11) is 0. The van der Waals surface area contributed by atoms with Gasteiger partial charge in [0.15, 0.2) is 5.82 Å². The highest BCUT2D eigenvalue weighted by Gasteiger charge is 2.14. The number of amidine groups is 1. The van der Waals surface area contributed by atoms with Crippen molar-refractivity contribution < 1.29 is 0 Å². The van der Waals surface area contributed by atoms with E-state index < -0.39 is 0 Å². The lowest BCUT2D eigenvalue weighted by Crippen LogP contribution is -2.12. The van der Waals surface area contributed by atoms with Gasteiger partial charge in [-0.3, -0.25) is 0 Å². The SMILES string of the molecule is CCc1nnc2sc(-c3cccc(N=C(N)CCl)c3C)nn12. The van der Waals surface area contributed by atoms with Gasteiger partial charge in [0.1, 0.15) is 10.8 Å². The van der Waals surface area contributed by atoms with Crippen LogP contribution in [0, 0.1) is 6.92 Å². The fourth-order valence-electron chi connectivity index (χ4n) is 2.15. The first kappa shape index (κ1) is 14.9. The summed E-state index contributed by atoms with van der Waals surface area (Å²) in [4.78, 5) is 5.14. The molecule has 114 valence electrons. The van der Waals surface area contributed by atoms with Crippen molar-refractivity contribution in [3.63, 3.8) is 0 Å². The van der Waals surface area contributed by atoms with E-state index in [1.807, 2.05) is 32.0 Å². The molecule has 2 N–H and O–H groups in total. The van der Waals surface area contributed by atoms with Crippen LogP contribution in [0.25, 0.3) is 15.5 Å². The number of alkyl halides is 1. The van der Waals surface area contributed by atoms with Crippen molar-refractivity contribution in [1.29, 1.82) is 0 Å². The molecule has 0 aliphatic carbocycles. The van der Waals surface area contributed by atoms with Crippen molar-refractivity contribution in [3.8, 4) is 10.6 Å². The summed E-state index contributed by atoms with van der Waals surface area (Å²) >= 11 is 7.21. The van der Waals surface area contributed by atoms with Crippen LogP contribution in [0.15, 0.2) is 23.2 Å². The van der Waals surface area contributed by atoms with Crippen LogP contribution < -0.4 is 5.73 Å². The van der Waals surface area contributed by atoms with Gasteiger partial charge in [-0.2, -0.15) is 9.61 Å². The first-order valence-electron chi connectivity index (χ1n) is 6.84. The lowest BCUT2D eigenvalue weighted by molar-refractivity contribution is 0.837. The Morgan fingerprint density at radius 1 is 1.41 bits per heavy atom. The third-order valence-electron chi connectivity index (χ3n) is 3.31. The highest BCUT2D eigenvalue weighted by atomic mass is 35.5. The van der Waals surface area contributed by atoms with Crippen LogP contribution in [0.4, 0.5) is 5.69 Å². The zero-order valence-corrected chi connectivity index (χ0v) is 13.8. The minimum atomic E-state index is 0.209. The molecule has 1 aromatic carbocycles. The summed E-state index contributed by atoms with van der Waals surface area (Å²) in [6.45, 7) is 4.03. The fraction of sp³-hybridized carbons (Fsp3) is 0.286. The number of aliphatic imine (C=N–C) groups is 1. The molecular weight excluding hydrogens is 320 g/mol. The van der Waals surface area contributed by atoms with Gasteiger partial charge in [-0.05, 0) is 18.6 Å². The fourth-order valence-corrected chi connectivity index (χ4v) is 3.15. The minimum Gasteiger partial charge on any atom is -0.386 e. The lowest BCUT2D eigenvalue weighted by Gasteiger charge is -2.06. The van der Waals surface area contributed by atoms with Crippen molar-refractivity contribution in [2.24, 2.45) is 10.7 Å². The van der Waals surface area contributed by atoms with Crippen molar-refractivity contribution in [2.75, 3.05) is 5.88 Å². The molecule has 0 aliphatic rings. The number of aromatic nitrogens is 4. The molecule has 0 saturated heterocycles. The number of benzene rings is 1. The Bertz CT molecular complexity index is 850. The predicted molar refractivity (Wildman–Crippen MR) is 90.2 cm³/mol. The van der Waals surface area contributed by atoms with Crippen molar-refractivity contribution >= 4 is 39.4 Å². The average molecular weight is 335 g/mol. The molecule has 0 amide bonds. The number of rotatable bonds is 4. The highest BCUT2D eigenvalue weighted by molar-refractivity contribution is 7.19. The zero-order chi connectivity index (χ0) is 15.7. The van der Waals surface area contributed by atoms with E-state index in [9.17, 15) is 0 Å². The average Bonchev–Trinajstić information content (AvgIpc) is 3.09. The van der Waals surface area contributed by atoms with Crippen molar-refractivity contribution in [3.05, 3.63) is 29.6 Å². The molecule has 0 unspecified atom stereocenters. The van der Waals surface area contributed by atoms with Crippen molar-refractivity contribution in [2.45, 2.75) is 20.3 Å². The summed E-state index contributed by atoms with van der Waals surface area (Å²) in [6, 6.07) is 5.87. The number of halogens is 1. The molecule has 0 bridgehead atoms. The van der Waals surface area contributed by atoms with Gasteiger partial charge in [0, 0.05) is 12.0 Å². The molecule has 2 heterocycles. The van der Waals surface area contributed by atoms with E-state index >= 15 is 0 Å². The predicted octanol–water partition coefficient (Wildman–Crippen LogP) is 2.95. The maximum atomic E-state index is 5.73. The van der Waals surface area contributed by atoms with Gasteiger partial charge < -0.3 is 5.73 Å². The second-order valence-corrected chi connectivity index (χ2v) is 5.98. The van der Waals surface area contributed by atoms with Gasteiger partial charge in [0.2, 0.25) is 4.96 Å². The molecule has 0 atom stereocenters. The molecular formula is C14H15ClN6S. The summed E-state index contributed by atoms with van der Waals surface area (Å²) in [5.74, 6) is 1.46. The molecule has 0 fully saturated rings. The molecule has 0 radical (unpaired) electrons. The number of aryl methyl sites for hydroxylation is 1. The second-order valence-electron chi connectivity index (χ2n) is 4.76. The summed E-state index contributed by atoms with van der Waals surface area (Å²) in [6.07, 6.45) is 0.792. The molecule has 22 heavy (non-hydrogen) atoms. The van der Waals surface area contributed by atoms with E-state index in [2.05, 4.69) is 20.3 Å². The van der Waals surface area contributed by atoms with Gasteiger partial charge in [-0.25, -0.2) is 4.99 Å². The van der Waals surface area contributed by atoms with E-state index in [4.69, 9.17) is 17.3 Å². The standard InChI is InChI=1S/C14H15ClN6S/c1-3-12-18-19-14-21(12)20-13(22-14)9-5-4-6-10(8(9)2)17-11(16)7-15/h4-6H,3,7H2,1-2H3,(H2,16,17). The molecule has 8 heteroatoms. The van der Waals surface area contributed by atoms with E-state index in [1.165, 1.54) is 11.3 Å². The largest absolute Gasteiger partial charge is 0.386 e. The van der Waals surface area contributed by atoms with Crippen LogP contribution in [-0.2, 0) is 6.42 Å². The summed E-state index contributed by atoms with van der Waals surface area (Å²) in [5, 5.41) is 13.8. The number of fused-ring (bicyclic) bond motifs is 1. The van der Waals surface area contributed by atoms with Crippen LogP contribution in [0.3, 0.4) is 0 Å². The summed E-state index contributed by atoms with van der Waals surface area (Å²) < 4.78 is 1.79. The Morgan fingerprint density at radius 3 is 2.95 bits per heavy atom. The Kier molecular flexibility index (Phi) is 4.08. The van der Waals surface area contributed by atoms with Crippen LogP contribution in [0.2, 0.25) is 0 Å². The normalized spacial score (nSPS) is 12.2. The van der Waals surface area contributed by atoms with Gasteiger partial charge >= 0.3 is 0 Å². The molecule has 0 aliphatic heterocycles. The van der Waals surface area contributed by atoms with Crippen LogP contribution >= 0.6 is 22.9 Å². The highest BCUT2D eigenvalue weighted by Crippen LogP contribution is 2.32. The minimum absolute atomic E-state index is 0.209. The monoisotopic (exact) mass is 334 g/mol. The van der Waals surface area contributed by atoms with Crippen LogP contribution in [-0.4, -0.2) is 31.5 Å². The number of nitrogens with two attached hydrogens (primary N) is 1. The second kappa shape index (κ2) is 6.02. The van der Waals surface area contributed by atoms with E-state index in [0.29, 0.717) is 5.84 Å². The first-order valence-corrected chi connectivity index (χ1v) is 8.19. The molecule has 0 spiro atoms. The summed E-state index contributed by atoms with van der Waals surface area (Å²) in [5.41, 5.74) is 8.56. The Hall–Kier alpha value is -1.99. The van der Waals surface area contributed by atoms with E-state index in [1.54, 1.807) is 4.52 Å². The smallest absolute Gasteiger partial charge is 0.234 e. The van der Waals surface area contributed by atoms with E-state index in [0.717, 1.165) is 39.0 Å². The number of nitrogens with zero attached hydrogens (tertiary/aromatic N) is 5. The third kappa shape index (κ3) is 2.57. The van der Waals surface area contributed by atoms with Crippen molar-refractivity contribution in [1.82, 2.24) is 19.8 Å². The topological polar surface area (TPSA) is 81.5 Å². The third-order valence-corrected chi connectivity index (χ3v) is 4.51. The molecule has 2 aromatic heterocycles. The van der Waals surface area contributed by atoms with Gasteiger partial charge in [-0.1, -0.05) is 30.4 Å². The van der Waals surface area contributed by atoms with Crippen LogP contribution in [0.5, 0.6) is 0 Å². The maximum Gasteiger partial charge on any atom is 0.234 e. The lowest BCUT2D eigenvalue weighted by atomic mass is 10.1. The molecule has 6 nitrogen and oxygen atoms in total. The Labute approximate surface area is 136 Å². The number of hydrogen-bond acceptors (Lipinski definition) is 5.